The first-order valence-corrected chi connectivity index (χ1v) is 12.0. The van der Waals surface area contributed by atoms with E-state index in [1.165, 1.54) is 17.7 Å². The zero-order valence-electron chi connectivity index (χ0n) is 18.6. The van der Waals surface area contributed by atoms with Crippen LogP contribution < -0.4 is 15.4 Å². The average Bonchev–Trinajstić information content (AvgIpc) is 2.85. The number of carbonyl (C=O) groups excluding carboxylic acids is 2. The molecule has 176 valence electrons. The highest BCUT2D eigenvalue weighted by atomic mass is 35.5. The van der Waals surface area contributed by atoms with E-state index < -0.39 is 11.4 Å². The van der Waals surface area contributed by atoms with Crippen molar-refractivity contribution in [3.8, 4) is 5.75 Å². The Morgan fingerprint density at radius 3 is 2.52 bits per heavy atom. The predicted molar refractivity (Wildman–Crippen MR) is 128 cm³/mol. The molecule has 0 radical (unpaired) electrons. The van der Waals surface area contributed by atoms with E-state index in [1.807, 2.05) is 23.1 Å². The van der Waals surface area contributed by atoms with Crippen molar-refractivity contribution in [1.82, 2.24) is 20.5 Å². The maximum absolute atomic E-state index is 13.7. The number of benzene rings is 1. The smallest absolute Gasteiger partial charge is 0.272 e. The highest BCUT2D eigenvalue weighted by Gasteiger charge is 2.44. The van der Waals surface area contributed by atoms with Crippen LogP contribution in [0.25, 0.3) is 0 Å². The second-order valence-electron chi connectivity index (χ2n) is 8.56. The Kier molecular flexibility index (Phi) is 7.41. The van der Waals surface area contributed by atoms with Gasteiger partial charge in [-0.3, -0.25) is 9.59 Å². The van der Waals surface area contributed by atoms with Crippen molar-refractivity contribution in [3.05, 3.63) is 57.8 Å². The van der Waals surface area contributed by atoms with Crippen LogP contribution in [-0.2, 0) is 4.79 Å². The van der Waals surface area contributed by atoms with Crippen LogP contribution in [0.1, 0.15) is 47.7 Å². The van der Waals surface area contributed by atoms with Gasteiger partial charge in [0.05, 0.1) is 12.1 Å². The van der Waals surface area contributed by atoms with E-state index in [1.54, 1.807) is 7.11 Å². The van der Waals surface area contributed by atoms with Crippen LogP contribution in [0, 0.1) is 0 Å². The number of ether oxygens (including phenoxy) is 1. The van der Waals surface area contributed by atoms with Crippen molar-refractivity contribution >= 4 is 35.0 Å². The highest BCUT2D eigenvalue weighted by Crippen LogP contribution is 2.35. The lowest BCUT2D eigenvalue weighted by Gasteiger charge is -2.42. The van der Waals surface area contributed by atoms with Gasteiger partial charge in [0.25, 0.3) is 5.91 Å². The molecule has 2 aromatic rings. The lowest BCUT2D eigenvalue weighted by Crippen LogP contribution is -2.64. The Bertz CT molecular complexity index is 1020. The Balaban J connectivity index is 1.49. The maximum Gasteiger partial charge on any atom is 0.272 e. The standard InChI is InChI=1S/C24H28Cl2N4O3/c1-33-19-5-3-2-4-17(19)16-8-14-30(15-9-16)23(32)24(10-12-27-13-11-24)29-22(31)21-18(25)6-7-20(26)28-21/h2-7,16,27H,8-15H2,1H3,(H,29,31). The summed E-state index contributed by atoms with van der Waals surface area (Å²) in [6.45, 7) is 2.53. The minimum Gasteiger partial charge on any atom is -0.496 e. The van der Waals surface area contributed by atoms with Crippen LogP contribution in [-0.4, -0.2) is 60.5 Å². The van der Waals surface area contributed by atoms with Gasteiger partial charge in [-0.25, -0.2) is 4.98 Å². The number of nitrogens with zero attached hydrogens (tertiary/aromatic N) is 2. The summed E-state index contributed by atoms with van der Waals surface area (Å²) in [5.41, 5.74) is 0.218. The minimum atomic E-state index is -0.993. The second-order valence-corrected chi connectivity index (χ2v) is 9.35. The Hall–Kier alpha value is -2.35. The summed E-state index contributed by atoms with van der Waals surface area (Å²) < 4.78 is 5.53. The first-order chi connectivity index (χ1) is 15.9. The van der Waals surface area contributed by atoms with Gasteiger partial charge in [-0.1, -0.05) is 41.4 Å². The number of likely N-dealkylation sites (tertiary alicyclic amines) is 1. The number of piperidine rings is 2. The van der Waals surface area contributed by atoms with Crippen LogP contribution >= 0.6 is 23.2 Å². The number of amides is 2. The van der Waals surface area contributed by atoms with E-state index in [9.17, 15) is 9.59 Å². The third-order valence-electron chi connectivity index (χ3n) is 6.61. The Labute approximate surface area is 203 Å². The zero-order valence-corrected chi connectivity index (χ0v) is 20.1. The lowest BCUT2D eigenvalue weighted by atomic mass is 9.84. The maximum atomic E-state index is 13.7. The molecule has 0 unspecified atom stereocenters. The summed E-state index contributed by atoms with van der Waals surface area (Å²) in [4.78, 5) is 32.8. The van der Waals surface area contributed by atoms with Gasteiger partial charge in [-0.15, -0.1) is 0 Å². The van der Waals surface area contributed by atoms with Gasteiger partial charge >= 0.3 is 0 Å². The minimum absolute atomic E-state index is 0.0322. The summed E-state index contributed by atoms with van der Waals surface area (Å²) >= 11 is 12.1. The molecule has 0 spiro atoms. The topological polar surface area (TPSA) is 83.6 Å². The number of rotatable bonds is 5. The number of halogens is 2. The van der Waals surface area contributed by atoms with Crippen molar-refractivity contribution in [1.29, 1.82) is 0 Å². The number of hydrogen-bond acceptors (Lipinski definition) is 5. The summed E-state index contributed by atoms with van der Waals surface area (Å²) in [5, 5.41) is 6.63. The monoisotopic (exact) mass is 490 g/mol. The third kappa shape index (κ3) is 5.10. The van der Waals surface area contributed by atoms with E-state index >= 15 is 0 Å². The molecule has 2 aliphatic rings. The van der Waals surface area contributed by atoms with E-state index in [0.29, 0.717) is 44.9 Å². The molecular formula is C24H28Cl2N4O3. The molecular weight excluding hydrogens is 463 g/mol. The van der Waals surface area contributed by atoms with Crippen molar-refractivity contribution in [2.24, 2.45) is 0 Å². The number of aromatic nitrogens is 1. The van der Waals surface area contributed by atoms with Gasteiger partial charge in [0.1, 0.15) is 22.1 Å². The molecule has 1 aromatic heterocycles. The fourth-order valence-electron chi connectivity index (χ4n) is 4.80. The molecule has 33 heavy (non-hydrogen) atoms. The average molecular weight is 491 g/mol. The highest BCUT2D eigenvalue weighted by molar-refractivity contribution is 6.34. The number of methoxy groups -OCH3 is 1. The van der Waals surface area contributed by atoms with Gasteiger partial charge in [0.15, 0.2) is 0 Å². The second kappa shape index (κ2) is 10.3. The number of carbonyl (C=O) groups is 2. The van der Waals surface area contributed by atoms with Crippen molar-refractivity contribution in [2.45, 2.75) is 37.1 Å². The largest absolute Gasteiger partial charge is 0.496 e. The summed E-state index contributed by atoms with van der Waals surface area (Å²) in [6, 6.07) is 11.1. The summed E-state index contributed by atoms with van der Waals surface area (Å²) in [5.74, 6) is 0.684. The third-order valence-corrected chi connectivity index (χ3v) is 7.12. The molecule has 2 saturated heterocycles. The van der Waals surface area contributed by atoms with Gasteiger partial charge in [0.2, 0.25) is 5.91 Å². The molecule has 2 amide bonds. The molecule has 1 aromatic carbocycles. The van der Waals surface area contributed by atoms with E-state index in [4.69, 9.17) is 27.9 Å². The van der Waals surface area contributed by atoms with Crippen molar-refractivity contribution in [2.75, 3.05) is 33.3 Å². The van der Waals surface area contributed by atoms with Gasteiger partial charge in [-0.2, -0.15) is 0 Å². The van der Waals surface area contributed by atoms with Crippen molar-refractivity contribution < 1.29 is 14.3 Å². The van der Waals surface area contributed by atoms with Gasteiger partial charge < -0.3 is 20.3 Å². The molecule has 4 rings (SSSR count). The molecule has 2 aliphatic heterocycles. The number of nitrogens with one attached hydrogen (secondary N) is 2. The normalized spacial score (nSPS) is 18.6. The van der Waals surface area contributed by atoms with Crippen molar-refractivity contribution in [3.63, 3.8) is 0 Å². The Morgan fingerprint density at radius 2 is 1.82 bits per heavy atom. The van der Waals surface area contributed by atoms with E-state index in [2.05, 4.69) is 21.7 Å². The fourth-order valence-corrected chi connectivity index (χ4v) is 5.14. The molecule has 7 nitrogen and oxygen atoms in total. The molecule has 9 heteroatoms. The van der Waals surface area contributed by atoms with Gasteiger partial charge in [-0.05, 0) is 68.5 Å². The first kappa shape index (κ1) is 23.8. The zero-order chi connectivity index (χ0) is 23.4. The molecule has 0 saturated carbocycles. The quantitative estimate of drug-likeness (QED) is 0.624. The van der Waals surface area contributed by atoms with Crippen LogP contribution in [0.15, 0.2) is 36.4 Å². The predicted octanol–water partition coefficient (Wildman–Crippen LogP) is 3.66. The summed E-state index contributed by atoms with van der Waals surface area (Å²) in [7, 11) is 1.68. The van der Waals surface area contributed by atoms with E-state index in [0.717, 1.165) is 18.6 Å². The van der Waals surface area contributed by atoms with Gasteiger partial charge in [0, 0.05) is 13.1 Å². The SMILES string of the molecule is COc1ccccc1C1CCN(C(=O)C2(NC(=O)c3nc(Cl)ccc3Cl)CCNCC2)CC1. The number of para-hydroxylation sites is 1. The first-order valence-electron chi connectivity index (χ1n) is 11.2. The fraction of sp³-hybridized carbons (Fsp3) is 0.458. The van der Waals surface area contributed by atoms with Crippen LogP contribution in [0.2, 0.25) is 10.2 Å². The molecule has 0 aliphatic carbocycles. The molecule has 3 heterocycles. The van der Waals surface area contributed by atoms with E-state index in [-0.39, 0.29) is 21.8 Å². The molecule has 0 atom stereocenters. The molecule has 2 N–H and O–H groups in total. The van der Waals surface area contributed by atoms with Crippen LogP contribution in [0.3, 0.4) is 0 Å². The van der Waals surface area contributed by atoms with Crippen LogP contribution in [0.4, 0.5) is 0 Å². The Morgan fingerprint density at radius 1 is 1.12 bits per heavy atom. The number of pyridine rings is 1. The lowest BCUT2D eigenvalue weighted by molar-refractivity contribution is -0.140. The number of hydrogen-bond donors (Lipinski definition) is 2. The summed E-state index contributed by atoms with van der Waals surface area (Å²) in [6.07, 6.45) is 2.69. The molecule has 2 fully saturated rings. The van der Waals surface area contributed by atoms with Crippen LogP contribution in [0.5, 0.6) is 5.75 Å². The molecule has 0 bridgehead atoms.